The minimum Gasteiger partial charge on any atom is -0.0619 e. The fourth-order valence-corrected chi connectivity index (χ4v) is 6.13. The molecule has 0 fully saturated rings. The van der Waals surface area contributed by atoms with Gasteiger partial charge in [0.2, 0.25) is 0 Å². The Bertz CT molecular complexity index is 1760. The smallest absolute Gasteiger partial charge is 0.0159 e. The molecule has 35 heavy (non-hydrogen) atoms. The Labute approximate surface area is 206 Å². The molecule has 0 saturated heterocycles. The molecule has 0 nitrogen and oxygen atoms in total. The maximum Gasteiger partial charge on any atom is 0.0159 e. The van der Waals surface area contributed by atoms with E-state index in [1.54, 1.807) is 0 Å². The maximum atomic E-state index is 2.43. The van der Waals surface area contributed by atoms with E-state index in [2.05, 4.69) is 135 Å². The average Bonchev–Trinajstić information content (AvgIpc) is 3.14. The summed E-state index contributed by atoms with van der Waals surface area (Å²) in [5.41, 5.74) is 10.7. The van der Waals surface area contributed by atoms with Crippen molar-refractivity contribution in [1.29, 1.82) is 0 Å². The molecule has 1 aliphatic carbocycles. The molecular formula is C35H26. The minimum atomic E-state index is 0.000630. The molecule has 0 N–H and O–H groups in total. The summed E-state index contributed by atoms with van der Waals surface area (Å²) < 4.78 is 0. The molecule has 7 rings (SSSR count). The normalized spacial score (nSPS) is 13.7. The van der Waals surface area contributed by atoms with Gasteiger partial charge in [0, 0.05) is 5.41 Å². The van der Waals surface area contributed by atoms with Gasteiger partial charge in [-0.15, -0.1) is 0 Å². The molecule has 0 aromatic heterocycles. The maximum absolute atomic E-state index is 2.43. The molecule has 0 saturated carbocycles. The van der Waals surface area contributed by atoms with Gasteiger partial charge in [0.05, 0.1) is 0 Å². The van der Waals surface area contributed by atoms with Crippen LogP contribution >= 0.6 is 0 Å². The van der Waals surface area contributed by atoms with Crippen molar-refractivity contribution in [2.75, 3.05) is 0 Å². The van der Waals surface area contributed by atoms with E-state index in [4.69, 9.17) is 0 Å². The van der Waals surface area contributed by atoms with Crippen molar-refractivity contribution in [3.05, 3.63) is 132 Å². The first kappa shape index (κ1) is 20.2. The summed E-state index contributed by atoms with van der Waals surface area (Å²) in [4.78, 5) is 0. The molecule has 0 bridgehead atoms. The van der Waals surface area contributed by atoms with E-state index in [-0.39, 0.29) is 5.41 Å². The van der Waals surface area contributed by atoms with Crippen molar-refractivity contribution in [2.45, 2.75) is 19.3 Å². The monoisotopic (exact) mass is 446 g/mol. The molecule has 0 unspecified atom stereocenters. The molecule has 0 aliphatic heterocycles. The highest BCUT2D eigenvalue weighted by atomic mass is 14.4. The second kappa shape index (κ2) is 7.42. The lowest BCUT2D eigenvalue weighted by molar-refractivity contribution is 0.660. The third kappa shape index (κ3) is 2.93. The lowest BCUT2D eigenvalue weighted by Gasteiger charge is -2.22. The van der Waals surface area contributed by atoms with Gasteiger partial charge in [-0.25, -0.2) is 0 Å². The van der Waals surface area contributed by atoms with Gasteiger partial charge < -0.3 is 0 Å². The van der Waals surface area contributed by atoms with E-state index in [0.29, 0.717) is 0 Å². The van der Waals surface area contributed by atoms with Gasteiger partial charge >= 0.3 is 0 Å². The largest absolute Gasteiger partial charge is 0.0619 e. The Morgan fingerprint density at radius 1 is 0.400 bits per heavy atom. The van der Waals surface area contributed by atoms with Crippen LogP contribution in [0.1, 0.15) is 25.0 Å². The van der Waals surface area contributed by atoms with Crippen LogP contribution in [0.15, 0.2) is 121 Å². The minimum absolute atomic E-state index is 0.000630. The van der Waals surface area contributed by atoms with Gasteiger partial charge in [0.25, 0.3) is 0 Å². The molecule has 0 amide bonds. The van der Waals surface area contributed by atoms with E-state index in [9.17, 15) is 0 Å². The predicted octanol–water partition coefficient (Wildman–Crippen LogP) is 9.63. The highest BCUT2D eigenvalue weighted by Gasteiger charge is 2.35. The lowest BCUT2D eigenvalue weighted by Crippen LogP contribution is -2.14. The lowest BCUT2D eigenvalue weighted by atomic mass is 9.81. The van der Waals surface area contributed by atoms with Crippen LogP contribution in [0.5, 0.6) is 0 Å². The first-order valence-electron chi connectivity index (χ1n) is 12.4. The summed E-state index contributed by atoms with van der Waals surface area (Å²) in [5, 5.41) is 5.17. The molecule has 0 atom stereocenters. The zero-order chi connectivity index (χ0) is 23.6. The van der Waals surface area contributed by atoms with Gasteiger partial charge in [0.15, 0.2) is 0 Å². The van der Waals surface area contributed by atoms with Crippen LogP contribution in [-0.2, 0) is 5.41 Å². The zero-order valence-electron chi connectivity index (χ0n) is 20.0. The fourth-order valence-electron chi connectivity index (χ4n) is 6.13. The summed E-state index contributed by atoms with van der Waals surface area (Å²) in [6, 6.07) is 44.7. The molecule has 0 spiro atoms. The van der Waals surface area contributed by atoms with Crippen molar-refractivity contribution < 1.29 is 0 Å². The van der Waals surface area contributed by atoms with E-state index >= 15 is 0 Å². The summed E-state index contributed by atoms with van der Waals surface area (Å²) in [7, 11) is 0. The average molecular weight is 447 g/mol. The molecule has 6 aromatic carbocycles. The van der Waals surface area contributed by atoms with Crippen molar-refractivity contribution >= 4 is 21.5 Å². The first-order chi connectivity index (χ1) is 17.1. The van der Waals surface area contributed by atoms with Gasteiger partial charge in [-0.3, -0.25) is 0 Å². The Morgan fingerprint density at radius 2 is 0.943 bits per heavy atom. The number of benzene rings is 6. The molecule has 166 valence electrons. The number of hydrogen-bond acceptors (Lipinski definition) is 0. The number of hydrogen-bond donors (Lipinski definition) is 0. The first-order valence-corrected chi connectivity index (χ1v) is 12.4. The fraction of sp³-hybridized carbons (Fsp3) is 0.0857. The Morgan fingerprint density at radius 3 is 1.80 bits per heavy atom. The third-order valence-electron chi connectivity index (χ3n) is 7.90. The van der Waals surface area contributed by atoms with Crippen molar-refractivity contribution in [1.82, 2.24) is 0 Å². The van der Waals surface area contributed by atoms with E-state index < -0.39 is 0 Å². The highest BCUT2D eigenvalue weighted by Crippen LogP contribution is 2.50. The van der Waals surface area contributed by atoms with Crippen LogP contribution in [0, 0.1) is 0 Å². The zero-order valence-corrected chi connectivity index (χ0v) is 20.0. The third-order valence-corrected chi connectivity index (χ3v) is 7.90. The van der Waals surface area contributed by atoms with E-state index in [1.165, 1.54) is 66.1 Å². The van der Waals surface area contributed by atoms with Crippen molar-refractivity contribution in [3.8, 4) is 33.4 Å². The molecule has 0 heteroatoms. The van der Waals surface area contributed by atoms with Crippen LogP contribution in [-0.4, -0.2) is 0 Å². The predicted molar refractivity (Wildman–Crippen MR) is 150 cm³/mol. The summed E-state index contributed by atoms with van der Waals surface area (Å²) in [5.74, 6) is 0. The van der Waals surface area contributed by atoms with Crippen LogP contribution < -0.4 is 0 Å². The van der Waals surface area contributed by atoms with Crippen LogP contribution in [0.4, 0.5) is 0 Å². The summed E-state index contributed by atoms with van der Waals surface area (Å²) in [6.45, 7) is 4.70. The van der Waals surface area contributed by atoms with Gasteiger partial charge in [-0.1, -0.05) is 129 Å². The SMILES string of the molecule is CC1(C)c2ccccc2-c2ccc(-c3cccc4c(-c5cccc6ccccc56)cccc34)cc21. The quantitative estimate of drug-likeness (QED) is 0.248. The van der Waals surface area contributed by atoms with Gasteiger partial charge in [0.1, 0.15) is 0 Å². The van der Waals surface area contributed by atoms with Crippen LogP contribution in [0.2, 0.25) is 0 Å². The second-order valence-electron chi connectivity index (χ2n) is 10.2. The van der Waals surface area contributed by atoms with Crippen molar-refractivity contribution in [3.63, 3.8) is 0 Å². The second-order valence-corrected chi connectivity index (χ2v) is 10.2. The Kier molecular flexibility index (Phi) is 4.29. The molecule has 0 radical (unpaired) electrons. The standard InChI is InChI=1S/C35H26/c1-35(2)33-19-6-5-13-31(33)32-21-20-24(22-34(32)35)26-14-8-17-30-28(26)16-9-18-29(30)27-15-7-11-23-10-3-4-12-25(23)27/h3-22H,1-2H3. The summed E-state index contributed by atoms with van der Waals surface area (Å²) >= 11 is 0. The van der Waals surface area contributed by atoms with E-state index in [1.807, 2.05) is 0 Å². The molecule has 6 aromatic rings. The highest BCUT2D eigenvalue weighted by molar-refractivity contribution is 6.09. The molecular weight excluding hydrogens is 420 g/mol. The van der Waals surface area contributed by atoms with Crippen LogP contribution in [0.3, 0.4) is 0 Å². The summed E-state index contributed by atoms with van der Waals surface area (Å²) in [6.07, 6.45) is 0. The Hall–Kier alpha value is -4.16. The van der Waals surface area contributed by atoms with Gasteiger partial charge in [-0.05, 0) is 72.1 Å². The van der Waals surface area contributed by atoms with Crippen molar-refractivity contribution in [2.24, 2.45) is 0 Å². The van der Waals surface area contributed by atoms with E-state index in [0.717, 1.165) is 0 Å². The number of rotatable bonds is 2. The van der Waals surface area contributed by atoms with Crippen LogP contribution in [0.25, 0.3) is 54.9 Å². The number of fused-ring (bicyclic) bond motifs is 5. The van der Waals surface area contributed by atoms with Gasteiger partial charge in [-0.2, -0.15) is 0 Å². The Balaban J connectivity index is 1.44. The molecule has 0 heterocycles. The topological polar surface area (TPSA) is 0 Å². The molecule has 1 aliphatic rings.